The summed E-state index contributed by atoms with van der Waals surface area (Å²) in [5, 5.41) is 9.20. The van der Waals surface area contributed by atoms with Gasteiger partial charge in [-0.05, 0) is 6.07 Å². The van der Waals surface area contributed by atoms with Crippen molar-refractivity contribution in [3.63, 3.8) is 0 Å². The molecule has 1 aromatic carbocycles. The zero-order chi connectivity index (χ0) is 20.1. The van der Waals surface area contributed by atoms with E-state index in [1.54, 1.807) is 12.5 Å². The Morgan fingerprint density at radius 2 is 2.14 bits per heavy atom. The van der Waals surface area contributed by atoms with E-state index in [1.165, 1.54) is 0 Å². The van der Waals surface area contributed by atoms with Crippen molar-refractivity contribution in [1.82, 2.24) is 19.4 Å². The first-order valence-electron chi connectivity index (χ1n) is 10.1. The van der Waals surface area contributed by atoms with Crippen molar-refractivity contribution in [2.45, 2.75) is 19.1 Å². The second kappa shape index (κ2) is 9.39. The van der Waals surface area contributed by atoms with E-state index in [2.05, 4.69) is 16.0 Å². The summed E-state index contributed by atoms with van der Waals surface area (Å²) in [6.07, 6.45) is 5.48. The minimum absolute atomic E-state index is 0.0921. The van der Waals surface area contributed by atoms with Crippen LogP contribution in [0.2, 0.25) is 0 Å². The van der Waals surface area contributed by atoms with Crippen molar-refractivity contribution < 1.29 is 19.4 Å². The summed E-state index contributed by atoms with van der Waals surface area (Å²) < 4.78 is 13.9. The van der Waals surface area contributed by atoms with Crippen molar-refractivity contribution >= 4 is 5.97 Å². The molecule has 0 saturated carbocycles. The molecule has 2 fully saturated rings. The van der Waals surface area contributed by atoms with Crippen LogP contribution in [0.4, 0.5) is 0 Å². The number of aliphatic carboxylic acids is 1. The van der Waals surface area contributed by atoms with Crippen molar-refractivity contribution in [3.05, 3.63) is 48.5 Å². The van der Waals surface area contributed by atoms with Crippen molar-refractivity contribution in [1.29, 1.82) is 0 Å². The molecule has 2 atom stereocenters. The summed E-state index contributed by atoms with van der Waals surface area (Å²) in [6, 6.07) is 8.34. The monoisotopic (exact) mass is 400 g/mol. The van der Waals surface area contributed by atoms with E-state index in [4.69, 9.17) is 9.47 Å². The minimum atomic E-state index is -0.769. The fourth-order valence-electron chi connectivity index (χ4n) is 4.21. The van der Waals surface area contributed by atoms with Crippen LogP contribution in [0.15, 0.2) is 43.0 Å². The van der Waals surface area contributed by atoms with Gasteiger partial charge in [0.15, 0.2) is 0 Å². The highest BCUT2D eigenvalue weighted by atomic mass is 16.5. The molecule has 2 aliphatic heterocycles. The summed E-state index contributed by atoms with van der Waals surface area (Å²) in [7, 11) is 0. The van der Waals surface area contributed by atoms with Gasteiger partial charge in [-0.15, -0.1) is 0 Å². The predicted molar refractivity (Wildman–Crippen MR) is 107 cm³/mol. The lowest BCUT2D eigenvalue weighted by atomic mass is 10.1. The zero-order valence-electron chi connectivity index (χ0n) is 16.5. The van der Waals surface area contributed by atoms with Crippen LogP contribution in [0.25, 0.3) is 0 Å². The Hall–Kier alpha value is -2.42. The Bertz CT molecular complexity index is 798. The molecule has 2 aromatic rings. The Morgan fingerprint density at radius 1 is 1.24 bits per heavy atom. The number of aromatic nitrogens is 2. The number of benzene rings is 1. The van der Waals surface area contributed by atoms with Gasteiger partial charge >= 0.3 is 5.97 Å². The second-order valence-electron chi connectivity index (χ2n) is 7.83. The Morgan fingerprint density at radius 3 is 2.97 bits per heavy atom. The molecule has 0 radical (unpaired) electrons. The van der Waals surface area contributed by atoms with Gasteiger partial charge in [0.2, 0.25) is 0 Å². The molecular weight excluding hydrogens is 372 g/mol. The molecule has 0 amide bonds. The quantitative estimate of drug-likeness (QED) is 0.713. The molecule has 8 nitrogen and oxygen atoms in total. The number of hydrogen-bond donors (Lipinski definition) is 1. The molecule has 2 saturated heterocycles. The van der Waals surface area contributed by atoms with Crippen LogP contribution in [0.3, 0.4) is 0 Å². The van der Waals surface area contributed by atoms with E-state index in [0.717, 1.165) is 37.5 Å². The number of rotatable bonds is 8. The van der Waals surface area contributed by atoms with Crippen molar-refractivity contribution in [2.24, 2.45) is 5.92 Å². The molecule has 1 aromatic heterocycles. The van der Waals surface area contributed by atoms with E-state index in [1.807, 2.05) is 33.9 Å². The van der Waals surface area contributed by atoms with Crippen LogP contribution in [-0.2, 0) is 22.6 Å². The highest BCUT2D eigenvalue weighted by molar-refractivity contribution is 5.69. The third-order valence-electron chi connectivity index (χ3n) is 5.53. The smallest absolute Gasteiger partial charge is 0.317 e. The number of para-hydroxylation sites is 1. The summed E-state index contributed by atoms with van der Waals surface area (Å²) in [5.41, 5.74) is 1.15. The van der Waals surface area contributed by atoms with Crippen LogP contribution in [-0.4, -0.2) is 82.5 Å². The Kier molecular flexibility index (Phi) is 6.43. The lowest BCUT2D eigenvalue weighted by molar-refractivity contribution is -0.138. The number of ether oxygens (including phenoxy) is 2. The topological polar surface area (TPSA) is 80.1 Å². The fraction of sp³-hybridized carbons (Fsp3) is 0.524. The molecule has 2 aliphatic rings. The standard InChI is InChI=1S/C21H28N4O4/c26-21(27)13-24-9-17-10-25(19(12-24)15-28-14-17)11-18-3-1-2-4-20(18)29-8-7-23-6-5-22-16-23/h1-6,16-17,19H,7-15H2,(H,26,27)/t17-,19-/m0/s1. The van der Waals surface area contributed by atoms with Gasteiger partial charge in [0.25, 0.3) is 0 Å². The number of fused-ring (bicyclic) bond motifs is 3. The average molecular weight is 400 g/mol. The number of hydrogen-bond acceptors (Lipinski definition) is 6. The van der Waals surface area contributed by atoms with E-state index in [9.17, 15) is 9.90 Å². The van der Waals surface area contributed by atoms with E-state index in [-0.39, 0.29) is 12.6 Å². The van der Waals surface area contributed by atoms with Gasteiger partial charge in [-0.3, -0.25) is 14.6 Å². The largest absolute Gasteiger partial charge is 0.491 e. The molecule has 0 unspecified atom stereocenters. The van der Waals surface area contributed by atoms with Gasteiger partial charge in [-0.1, -0.05) is 18.2 Å². The molecule has 3 heterocycles. The van der Waals surface area contributed by atoms with Crippen LogP contribution in [0.5, 0.6) is 5.75 Å². The van der Waals surface area contributed by atoms with Crippen molar-refractivity contribution in [2.75, 3.05) is 46.0 Å². The lowest BCUT2D eigenvalue weighted by Gasteiger charge is -2.31. The first kappa shape index (κ1) is 19.9. The van der Waals surface area contributed by atoms with E-state index >= 15 is 0 Å². The number of nitrogens with zero attached hydrogens (tertiary/aromatic N) is 4. The minimum Gasteiger partial charge on any atom is -0.491 e. The van der Waals surface area contributed by atoms with Crippen LogP contribution in [0, 0.1) is 5.92 Å². The Balaban J connectivity index is 1.42. The normalized spacial score (nSPS) is 22.9. The number of carboxylic acid groups (broad SMARTS) is 1. The SMILES string of the molecule is O=C(O)CN1C[C@@H]2COC[C@H](C1)N(Cc1ccccc1OCCn1ccnc1)C2. The number of carbonyl (C=O) groups is 1. The first-order valence-corrected chi connectivity index (χ1v) is 10.1. The maximum absolute atomic E-state index is 11.2. The molecule has 0 aliphatic carbocycles. The number of carboxylic acids is 1. The van der Waals surface area contributed by atoms with Crippen LogP contribution < -0.4 is 4.74 Å². The summed E-state index contributed by atoms with van der Waals surface area (Å²) >= 11 is 0. The fourth-order valence-corrected chi connectivity index (χ4v) is 4.21. The van der Waals surface area contributed by atoms with Crippen LogP contribution >= 0.6 is 0 Å². The second-order valence-corrected chi connectivity index (χ2v) is 7.83. The molecule has 1 N–H and O–H groups in total. The van der Waals surface area contributed by atoms with E-state index in [0.29, 0.717) is 32.3 Å². The van der Waals surface area contributed by atoms with Crippen LogP contribution in [0.1, 0.15) is 5.56 Å². The van der Waals surface area contributed by atoms with Gasteiger partial charge in [0, 0.05) is 56.1 Å². The van der Waals surface area contributed by atoms with Gasteiger partial charge in [0.1, 0.15) is 12.4 Å². The zero-order valence-corrected chi connectivity index (χ0v) is 16.5. The molecule has 156 valence electrons. The Labute approximate surface area is 170 Å². The summed E-state index contributed by atoms with van der Waals surface area (Å²) in [6.45, 7) is 5.90. The highest BCUT2D eigenvalue weighted by Crippen LogP contribution is 2.25. The summed E-state index contributed by atoms with van der Waals surface area (Å²) in [5.74, 6) is 0.444. The maximum atomic E-state index is 11.2. The van der Waals surface area contributed by atoms with Gasteiger partial charge < -0.3 is 19.1 Å². The van der Waals surface area contributed by atoms with Crippen molar-refractivity contribution in [3.8, 4) is 5.75 Å². The molecular formula is C21H28N4O4. The third-order valence-corrected chi connectivity index (χ3v) is 5.53. The maximum Gasteiger partial charge on any atom is 0.317 e. The average Bonchev–Trinajstić information content (AvgIpc) is 3.06. The molecule has 29 heavy (non-hydrogen) atoms. The van der Waals surface area contributed by atoms with Gasteiger partial charge in [-0.25, -0.2) is 4.98 Å². The molecule has 0 spiro atoms. The highest BCUT2D eigenvalue weighted by Gasteiger charge is 2.34. The molecule has 2 bridgehead atoms. The third kappa shape index (κ3) is 5.35. The number of imidazole rings is 1. The van der Waals surface area contributed by atoms with Gasteiger partial charge in [0.05, 0.1) is 32.6 Å². The molecule has 4 rings (SSSR count). The first-order chi connectivity index (χ1) is 14.2. The van der Waals surface area contributed by atoms with E-state index < -0.39 is 5.97 Å². The van der Waals surface area contributed by atoms with Gasteiger partial charge in [-0.2, -0.15) is 0 Å². The lowest BCUT2D eigenvalue weighted by Crippen LogP contribution is -2.44. The predicted octanol–water partition coefficient (Wildman–Crippen LogP) is 1.18. The summed E-state index contributed by atoms with van der Waals surface area (Å²) in [4.78, 5) is 19.7. The molecule has 8 heteroatoms.